The van der Waals surface area contributed by atoms with E-state index in [2.05, 4.69) is 4.98 Å². The first kappa shape index (κ1) is 22.5. The maximum Gasteiger partial charge on any atom is 0.338 e. The molecule has 3 rings (SSSR count). The second-order valence-corrected chi connectivity index (χ2v) is 8.66. The molecule has 0 fully saturated rings. The van der Waals surface area contributed by atoms with Crippen LogP contribution in [0.2, 0.25) is 0 Å². The van der Waals surface area contributed by atoms with Crippen molar-refractivity contribution in [2.75, 3.05) is 13.7 Å². The number of pyridine rings is 1. The van der Waals surface area contributed by atoms with E-state index in [0.717, 1.165) is 11.1 Å². The molecule has 162 valence electrons. The van der Waals surface area contributed by atoms with Gasteiger partial charge in [0.1, 0.15) is 5.75 Å². The molecule has 0 aliphatic rings. The lowest BCUT2D eigenvalue weighted by Crippen LogP contribution is -2.30. The predicted octanol–water partition coefficient (Wildman–Crippen LogP) is 3.66. The van der Waals surface area contributed by atoms with E-state index in [0.29, 0.717) is 17.9 Å². The predicted molar refractivity (Wildman–Crippen MR) is 116 cm³/mol. The van der Waals surface area contributed by atoms with Gasteiger partial charge in [0, 0.05) is 25.5 Å². The van der Waals surface area contributed by atoms with Crippen LogP contribution in [0.15, 0.2) is 78.0 Å². The van der Waals surface area contributed by atoms with Gasteiger partial charge in [-0.3, -0.25) is 4.98 Å². The standard InChI is InChI=1S/C23H24N2O5S/c1-3-30-23(26)20-6-4-18(5-7-20)16-25(17-19-12-14-24-15-13-19)31(27,28)22-10-8-21(29-2)9-11-22/h4-15H,3,16-17H2,1-2H3. The van der Waals surface area contributed by atoms with E-state index in [1.807, 2.05) is 0 Å². The lowest BCUT2D eigenvalue weighted by atomic mass is 10.1. The Balaban J connectivity index is 1.89. The van der Waals surface area contributed by atoms with E-state index in [9.17, 15) is 13.2 Å². The second kappa shape index (κ2) is 10.2. The highest BCUT2D eigenvalue weighted by atomic mass is 32.2. The van der Waals surface area contributed by atoms with Crippen LogP contribution in [-0.2, 0) is 27.8 Å². The lowest BCUT2D eigenvalue weighted by molar-refractivity contribution is 0.0526. The van der Waals surface area contributed by atoms with Gasteiger partial charge in [-0.2, -0.15) is 4.31 Å². The molecule has 0 saturated carbocycles. The van der Waals surface area contributed by atoms with Crippen molar-refractivity contribution in [3.63, 3.8) is 0 Å². The molecule has 8 heteroatoms. The minimum atomic E-state index is -3.79. The average Bonchev–Trinajstić information content (AvgIpc) is 2.80. The number of carbonyl (C=O) groups is 1. The molecule has 0 unspecified atom stereocenters. The first-order chi connectivity index (χ1) is 14.9. The van der Waals surface area contributed by atoms with Crippen molar-refractivity contribution in [3.05, 3.63) is 89.7 Å². The summed E-state index contributed by atoms with van der Waals surface area (Å²) in [6.45, 7) is 2.35. The van der Waals surface area contributed by atoms with Crippen molar-refractivity contribution < 1.29 is 22.7 Å². The quantitative estimate of drug-likeness (QED) is 0.472. The van der Waals surface area contributed by atoms with Crippen molar-refractivity contribution in [2.45, 2.75) is 24.9 Å². The van der Waals surface area contributed by atoms with Gasteiger partial charge in [-0.1, -0.05) is 12.1 Å². The second-order valence-electron chi connectivity index (χ2n) is 6.72. The third-order valence-electron chi connectivity index (χ3n) is 4.63. The summed E-state index contributed by atoms with van der Waals surface area (Å²) in [4.78, 5) is 16.0. The topological polar surface area (TPSA) is 85.8 Å². The molecular formula is C23H24N2O5S. The van der Waals surface area contributed by atoms with Gasteiger partial charge in [0.05, 0.1) is 24.2 Å². The Morgan fingerprint density at radius 3 is 2.03 bits per heavy atom. The Hall–Kier alpha value is -3.23. The van der Waals surface area contributed by atoms with E-state index >= 15 is 0 Å². The number of aromatic nitrogens is 1. The summed E-state index contributed by atoms with van der Waals surface area (Å²) in [5.41, 5.74) is 1.98. The number of nitrogens with zero attached hydrogens (tertiary/aromatic N) is 2. The summed E-state index contributed by atoms with van der Waals surface area (Å²) in [7, 11) is -2.26. The first-order valence-corrected chi connectivity index (χ1v) is 11.2. The van der Waals surface area contributed by atoms with E-state index in [1.165, 1.54) is 23.5 Å². The highest BCUT2D eigenvalue weighted by molar-refractivity contribution is 7.89. The van der Waals surface area contributed by atoms with Gasteiger partial charge in [-0.15, -0.1) is 0 Å². The highest BCUT2D eigenvalue weighted by Crippen LogP contribution is 2.23. The fourth-order valence-electron chi connectivity index (χ4n) is 2.98. The molecule has 1 aromatic heterocycles. The normalized spacial score (nSPS) is 11.3. The van der Waals surface area contributed by atoms with Crippen LogP contribution >= 0.6 is 0 Å². The van der Waals surface area contributed by atoms with Gasteiger partial charge in [0.2, 0.25) is 10.0 Å². The minimum absolute atomic E-state index is 0.139. The summed E-state index contributed by atoms with van der Waals surface area (Å²) in [6.07, 6.45) is 3.25. The van der Waals surface area contributed by atoms with Crippen LogP contribution in [0.25, 0.3) is 0 Å². The van der Waals surface area contributed by atoms with Crippen LogP contribution in [0.3, 0.4) is 0 Å². The van der Waals surface area contributed by atoms with Gasteiger partial charge < -0.3 is 9.47 Å². The third kappa shape index (κ3) is 5.68. The van der Waals surface area contributed by atoms with Gasteiger partial charge in [0.15, 0.2) is 0 Å². The van der Waals surface area contributed by atoms with Crippen molar-refractivity contribution in [1.29, 1.82) is 0 Å². The van der Waals surface area contributed by atoms with Crippen LogP contribution in [-0.4, -0.2) is 37.4 Å². The molecule has 31 heavy (non-hydrogen) atoms. The van der Waals surface area contributed by atoms with Gasteiger partial charge in [-0.05, 0) is 66.6 Å². The summed E-state index contributed by atoms with van der Waals surface area (Å²) >= 11 is 0. The highest BCUT2D eigenvalue weighted by Gasteiger charge is 2.25. The molecular weight excluding hydrogens is 416 g/mol. The number of hydrogen-bond acceptors (Lipinski definition) is 6. The Labute approximate surface area is 182 Å². The monoisotopic (exact) mass is 440 g/mol. The SMILES string of the molecule is CCOC(=O)c1ccc(CN(Cc2ccncc2)S(=O)(=O)c2ccc(OC)cc2)cc1. The zero-order chi connectivity index (χ0) is 22.3. The zero-order valence-electron chi connectivity index (χ0n) is 17.4. The zero-order valence-corrected chi connectivity index (χ0v) is 18.2. The molecule has 0 aliphatic carbocycles. The number of methoxy groups -OCH3 is 1. The van der Waals surface area contributed by atoms with Crippen LogP contribution < -0.4 is 4.74 Å². The fourth-order valence-corrected chi connectivity index (χ4v) is 4.39. The van der Waals surface area contributed by atoms with Crippen LogP contribution in [0.5, 0.6) is 5.75 Å². The molecule has 1 heterocycles. The molecule has 0 radical (unpaired) electrons. The van der Waals surface area contributed by atoms with Crippen LogP contribution in [0.1, 0.15) is 28.4 Å². The van der Waals surface area contributed by atoms with E-state index < -0.39 is 16.0 Å². The van der Waals surface area contributed by atoms with Gasteiger partial charge in [-0.25, -0.2) is 13.2 Å². The number of benzene rings is 2. The van der Waals surface area contributed by atoms with Gasteiger partial charge >= 0.3 is 5.97 Å². The number of sulfonamides is 1. The molecule has 0 spiro atoms. The Morgan fingerprint density at radius 2 is 1.48 bits per heavy atom. The number of hydrogen-bond donors (Lipinski definition) is 0. The smallest absolute Gasteiger partial charge is 0.338 e. The maximum atomic E-state index is 13.4. The summed E-state index contributed by atoms with van der Waals surface area (Å²) < 4.78 is 38.3. The molecule has 3 aromatic rings. The number of esters is 1. The molecule has 0 bridgehead atoms. The average molecular weight is 441 g/mol. The summed E-state index contributed by atoms with van der Waals surface area (Å²) in [6, 6.07) is 16.6. The summed E-state index contributed by atoms with van der Waals surface area (Å²) in [5, 5.41) is 0. The molecule has 0 saturated heterocycles. The molecule has 0 aliphatic heterocycles. The molecule has 2 aromatic carbocycles. The third-order valence-corrected chi connectivity index (χ3v) is 6.44. The Morgan fingerprint density at radius 1 is 0.903 bits per heavy atom. The molecule has 7 nitrogen and oxygen atoms in total. The number of carbonyl (C=O) groups excluding carboxylic acids is 1. The van der Waals surface area contributed by atoms with Crippen LogP contribution in [0, 0.1) is 0 Å². The largest absolute Gasteiger partial charge is 0.497 e. The van der Waals surface area contributed by atoms with Crippen molar-refractivity contribution in [3.8, 4) is 5.75 Å². The first-order valence-electron chi connectivity index (χ1n) is 9.73. The molecule has 0 atom stereocenters. The molecule has 0 amide bonds. The summed E-state index contributed by atoms with van der Waals surface area (Å²) in [5.74, 6) is 0.169. The van der Waals surface area contributed by atoms with Crippen LogP contribution in [0.4, 0.5) is 0 Å². The maximum absolute atomic E-state index is 13.4. The Bertz CT molecular complexity index is 1100. The van der Waals surface area contributed by atoms with E-state index in [1.54, 1.807) is 67.8 Å². The van der Waals surface area contributed by atoms with Crippen molar-refractivity contribution in [2.24, 2.45) is 0 Å². The Kier molecular flexibility index (Phi) is 7.38. The van der Waals surface area contributed by atoms with Gasteiger partial charge in [0.25, 0.3) is 0 Å². The number of ether oxygens (including phenoxy) is 2. The van der Waals surface area contributed by atoms with E-state index in [4.69, 9.17) is 9.47 Å². The van der Waals surface area contributed by atoms with Crippen molar-refractivity contribution in [1.82, 2.24) is 9.29 Å². The van der Waals surface area contributed by atoms with Crippen molar-refractivity contribution >= 4 is 16.0 Å². The lowest BCUT2D eigenvalue weighted by Gasteiger charge is -2.23. The number of rotatable bonds is 9. The van der Waals surface area contributed by atoms with E-state index in [-0.39, 0.29) is 18.0 Å². The molecule has 0 N–H and O–H groups in total. The fraction of sp³-hybridized carbons (Fsp3) is 0.217. The minimum Gasteiger partial charge on any atom is -0.497 e.